The summed E-state index contributed by atoms with van der Waals surface area (Å²) < 4.78 is 14.1. The van der Waals surface area contributed by atoms with E-state index in [9.17, 15) is 14.0 Å². The van der Waals surface area contributed by atoms with Gasteiger partial charge < -0.3 is 9.80 Å². The molecule has 6 heteroatoms. The van der Waals surface area contributed by atoms with E-state index >= 15 is 0 Å². The Morgan fingerprint density at radius 3 is 2.54 bits per heavy atom. The second-order valence-corrected chi connectivity index (χ2v) is 9.76. The van der Waals surface area contributed by atoms with Gasteiger partial charge in [-0.25, -0.2) is 4.39 Å². The van der Waals surface area contributed by atoms with Crippen molar-refractivity contribution in [3.8, 4) is 0 Å². The minimum Gasteiger partial charge on any atom is -0.342 e. The Bertz CT molecular complexity index is 727. The molecule has 3 aliphatic rings. The number of nitrogens with zero attached hydrogens (tertiary/aromatic N) is 2. The molecule has 2 saturated heterocycles. The maximum Gasteiger partial charge on any atom is 0.257 e. The number of amides is 2. The molecule has 0 bridgehead atoms. The van der Waals surface area contributed by atoms with Crippen molar-refractivity contribution >= 4 is 23.6 Å². The molecule has 0 unspecified atom stereocenters. The fraction of sp³-hybridized carbons (Fsp3) is 0.636. The fourth-order valence-corrected chi connectivity index (χ4v) is 6.43. The number of piperidine rings is 1. The van der Waals surface area contributed by atoms with E-state index in [4.69, 9.17) is 0 Å². The summed E-state index contributed by atoms with van der Waals surface area (Å²) >= 11 is 1.79. The minimum atomic E-state index is -0.459. The van der Waals surface area contributed by atoms with Crippen LogP contribution < -0.4 is 0 Å². The van der Waals surface area contributed by atoms with E-state index in [0.29, 0.717) is 26.1 Å². The highest BCUT2D eigenvalue weighted by Gasteiger charge is 2.47. The van der Waals surface area contributed by atoms with Crippen molar-refractivity contribution in [2.45, 2.75) is 56.2 Å². The maximum absolute atomic E-state index is 14.1. The highest BCUT2D eigenvalue weighted by Crippen LogP contribution is 2.44. The molecule has 1 aromatic rings. The van der Waals surface area contributed by atoms with Crippen molar-refractivity contribution in [2.24, 2.45) is 5.92 Å². The Labute approximate surface area is 170 Å². The molecule has 1 aliphatic carbocycles. The molecular weight excluding hydrogens is 375 g/mol. The first-order valence-electron chi connectivity index (χ1n) is 10.6. The van der Waals surface area contributed by atoms with Gasteiger partial charge in [0.05, 0.1) is 10.4 Å². The summed E-state index contributed by atoms with van der Waals surface area (Å²) in [6.07, 6.45) is 8.40. The largest absolute Gasteiger partial charge is 0.342 e. The number of rotatable bonds is 4. The average Bonchev–Trinajstić information content (AvgIpc) is 3.37. The quantitative estimate of drug-likeness (QED) is 0.751. The number of thioether (sulfide) groups is 1. The standard InChI is InChI=1S/C22H29FN2O2S/c23-19-8-4-3-7-18(19)21(27)25-15-16-28-22(25)11-13-24(14-12-22)20(26)10-9-17-5-1-2-6-17/h3-4,7-8,17H,1-2,5-6,9-16H2. The Morgan fingerprint density at radius 2 is 1.82 bits per heavy atom. The summed E-state index contributed by atoms with van der Waals surface area (Å²) in [5, 5.41) is 0. The molecule has 4 rings (SSSR count). The van der Waals surface area contributed by atoms with Gasteiger partial charge in [0.1, 0.15) is 5.82 Å². The van der Waals surface area contributed by atoms with Crippen molar-refractivity contribution in [1.82, 2.24) is 9.80 Å². The van der Waals surface area contributed by atoms with Crippen LogP contribution in [0.3, 0.4) is 0 Å². The first-order chi connectivity index (χ1) is 13.6. The number of likely N-dealkylation sites (tertiary alicyclic amines) is 1. The van der Waals surface area contributed by atoms with Gasteiger partial charge in [-0.05, 0) is 37.3 Å². The second kappa shape index (κ2) is 8.44. The molecule has 1 spiro atoms. The van der Waals surface area contributed by atoms with Gasteiger partial charge in [0.15, 0.2) is 0 Å². The lowest BCUT2D eigenvalue weighted by atomic mass is 9.98. The molecular formula is C22H29FN2O2S. The molecule has 2 aliphatic heterocycles. The van der Waals surface area contributed by atoms with Gasteiger partial charge in [0.25, 0.3) is 5.91 Å². The lowest BCUT2D eigenvalue weighted by Gasteiger charge is -2.44. The van der Waals surface area contributed by atoms with E-state index in [1.165, 1.54) is 31.7 Å². The van der Waals surface area contributed by atoms with Crippen LogP contribution in [0, 0.1) is 11.7 Å². The van der Waals surface area contributed by atoms with E-state index in [-0.39, 0.29) is 22.2 Å². The summed E-state index contributed by atoms with van der Waals surface area (Å²) in [5.41, 5.74) is 0.152. The van der Waals surface area contributed by atoms with Gasteiger partial charge in [-0.15, -0.1) is 11.8 Å². The van der Waals surface area contributed by atoms with E-state index in [1.807, 2.05) is 9.80 Å². The molecule has 4 nitrogen and oxygen atoms in total. The van der Waals surface area contributed by atoms with Crippen LogP contribution in [0.15, 0.2) is 24.3 Å². The minimum absolute atomic E-state index is 0.152. The molecule has 3 fully saturated rings. The molecule has 0 atom stereocenters. The highest BCUT2D eigenvalue weighted by molar-refractivity contribution is 8.00. The van der Waals surface area contributed by atoms with Crippen molar-refractivity contribution in [2.75, 3.05) is 25.4 Å². The first kappa shape index (κ1) is 19.7. The maximum atomic E-state index is 14.1. The third-order valence-corrected chi connectivity index (χ3v) is 8.22. The summed E-state index contributed by atoms with van der Waals surface area (Å²) in [4.78, 5) is 29.2. The zero-order valence-electron chi connectivity index (χ0n) is 16.4. The van der Waals surface area contributed by atoms with Crippen LogP contribution in [0.4, 0.5) is 4.39 Å². The third-order valence-electron chi connectivity index (χ3n) is 6.67. The van der Waals surface area contributed by atoms with Gasteiger partial charge in [-0.2, -0.15) is 0 Å². The summed E-state index contributed by atoms with van der Waals surface area (Å²) in [7, 11) is 0. The third kappa shape index (κ3) is 3.93. The Kier molecular flexibility index (Phi) is 5.95. The second-order valence-electron chi connectivity index (χ2n) is 8.30. The van der Waals surface area contributed by atoms with Crippen molar-refractivity contribution in [1.29, 1.82) is 0 Å². The molecule has 0 radical (unpaired) electrons. The van der Waals surface area contributed by atoms with E-state index in [0.717, 1.165) is 30.9 Å². The summed E-state index contributed by atoms with van der Waals surface area (Å²) in [6, 6.07) is 6.22. The predicted molar refractivity (Wildman–Crippen MR) is 110 cm³/mol. The van der Waals surface area contributed by atoms with E-state index < -0.39 is 5.82 Å². The average molecular weight is 405 g/mol. The van der Waals surface area contributed by atoms with Crippen LogP contribution in [0.25, 0.3) is 0 Å². The van der Waals surface area contributed by atoms with Crippen LogP contribution in [-0.2, 0) is 4.79 Å². The predicted octanol–water partition coefficient (Wildman–Crippen LogP) is 4.30. The van der Waals surface area contributed by atoms with Crippen molar-refractivity contribution < 1.29 is 14.0 Å². The molecule has 28 heavy (non-hydrogen) atoms. The zero-order valence-corrected chi connectivity index (χ0v) is 17.2. The van der Waals surface area contributed by atoms with Crippen LogP contribution in [0.2, 0.25) is 0 Å². The monoisotopic (exact) mass is 404 g/mol. The van der Waals surface area contributed by atoms with E-state index in [2.05, 4.69) is 0 Å². The smallest absolute Gasteiger partial charge is 0.257 e. The first-order valence-corrected chi connectivity index (χ1v) is 11.6. The van der Waals surface area contributed by atoms with Crippen LogP contribution in [-0.4, -0.2) is 51.9 Å². The van der Waals surface area contributed by atoms with Crippen LogP contribution in [0.1, 0.15) is 61.7 Å². The Balaban J connectivity index is 1.36. The molecule has 1 aromatic carbocycles. The van der Waals surface area contributed by atoms with Crippen LogP contribution in [0.5, 0.6) is 0 Å². The van der Waals surface area contributed by atoms with Gasteiger partial charge in [-0.1, -0.05) is 37.8 Å². The number of benzene rings is 1. The fourth-order valence-electron chi connectivity index (χ4n) is 4.98. The number of hydrogen-bond acceptors (Lipinski definition) is 3. The highest BCUT2D eigenvalue weighted by atomic mass is 32.2. The van der Waals surface area contributed by atoms with Gasteiger partial charge >= 0.3 is 0 Å². The topological polar surface area (TPSA) is 40.6 Å². The lowest BCUT2D eigenvalue weighted by molar-refractivity contribution is -0.133. The van der Waals surface area contributed by atoms with Crippen molar-refractivity contribution in [3.05, 3.63) is 35.6 Å². The summed E-state index contributed by atoms with van der Waals surface area (Å²) in [5.74, 6) is 1.19. The number of carbonyl (C=O) groups is 2. The van der Waals surface area contributed by atoms with Crippen LogP contribution >= 0.6 is 11.8 Å². The normalized spacial score (nSPS) is 22.2. The van der Waals surface area contributed by atoms with Gasteiger partial charge in [0.2, 0.25) is 5.91 Å². The molecule has 1 saturated carbocycles. The Hall–Kier alpha value is -1.56. The Morgan fingerprint density at radius 1 is 1.11 bits per heavy atom. The van der Waals surface area contributed by atoms with E-state index in [1.54, 1.807) is 30.0 Å². The SMILES string of the molecule is O=C(CCC1CCCC1)N1CCC2(CC1)SCCN2C(=O)c1ccccc1F. The number of hydrogen-bond donors (Lipinski definition) is 0. The molecule has 2 heterocycles. The number of halogens is 1. The molecule has 2 amide bonds. The molecule has 0 N–H and O–H groups in total. The molecule has 152 valence electrons. The zero-order chi connectivity index (χ0) is 19.6. The number of carbonyl (C=O) groups excluding carboxylic acids is 2. The summed E-state index contributed by atoms with van der Waals surface area (Å²) in [6.45, 7) is 2.03. The van der Waals surface area contributed by atoms with Gasteiger partial charge in [0, 0.05) is 31.8 Å². The molecule has 0 aromatic heterocycles. The van der Waals surface area contributed by atoms with Crippen molar-refractivity contribution in [3.63, 3.8) is 0 Å². The van der Waals surface area contributed by atoms with Gasteiger partial charge in [-0.3, -0.25) is 9.59 Å². The lowest BCUT2D eigenvalue weighted by Crippen LogP contribution is -2.53.